The fourth-order valence-corrected chi connectivity index (χ4v) is 4.26. The van der Waals surface area contributed by atoms with Gasteiger partial charge in [-0.25, -0.2) is 0 Å². The Morgan fingerprint density at radius 1 is 1.16 bits per heavy atom. The molecule has 0 bridgehead atoms. The number of thiophene rings is 1. The largest absolute Gasteiger partial charge is 0.497 e. The molecular weight excluding hydrogens is 541 g/mol. The summed E-state index contributed by atoms with van der Waals surface area (Å²) in [6.45, 7) is 5.19. The minimum atomic E-state index is -0.113. The summed E-state index contributed by atoms with van der Waals surface area (Å²) in [5.74, 6) is 1.33. The second-order valence-corrected chi connectivity index (χ2v) is 8.02. The van der Waals surface area contributed by atoms with Crippen molar-refractivity contribution in [3.63, 3.8) is 0 Å². The lowest BCUT2D eigenvalue weighted by Gasteiger charge is -2.34. The van der Waals surface area contributed by atoms with Crippen molar-refractivity contribution in [2.24, 2.45) is 4.99 Å². The molecule has 0 radical (unpaired) electrons. The highest BCUT2D eigenvalue weighted by atomic mass is 127. The molecule has 2 aromatic rings. The van der Waals surface area contributed by atoms with Crippen LogP contribution in [0, 0.1) is 0 Å². The zero-order valence-corrected chi connectivity index (χ0v) is 21.7. The molecule has 1 amide bonds. The van der Waals surface area contributed by atoms with Gasteiger partial charge in [-0.2, -0.15) is 0 Å². The van der Waals surface area contributed by atoms with Crippen molar-refractivity contribution in [2.45, 2.75) is 6.04 Å². The molecule has 1 aliphatic heterocycles. The van der Waals surface area contributed by atoms with Gasteiger partial charge in [0, 0.05) is 50.2 Å². The molecule has 8 nitrogen and oxygen atoms in total. The smallest absolute Gasteiger partial charge is 0.251 e. The lowest BCUT2D eigenvalue weighted by Crippen LogP contribution is -2.47. The third-order valence-electron chi connectivity index (χ3n) is 5.10. The van der Waals surface area contributed by atoms with Gasteiger partial charge in [0.05, 0.1) is 26.4 Å². The lowest BCUT2D eigenvalue weighted by molar-refractivity contribution is 0.0177. The van der Waals surface area contributed by atoms with Crippen LogP contribution in [0.3, 0.4) is 0 Å². The van der Waals surface area contributed by atoms with E-state index < -0.39 is 0 Å². The minimum absolute atomic E-state index is 0. The maximum atomic E-state index is 12.2. The molecule has 1 fully saturated rings. The van der Waals surface area contributed by atoms with Crippen molar-refractivity contribution in [1.29, 1.82) is 0 Å². The number of methoxy groups -OCH3 is 1. The summed E-state index contributed by atoms with van der Waals surface area (Å²) in [5, 5.41) is 11.7. The summed E-state index contributed by atoms with van der Waals surface area (Å²) in [6.07, 6.45) is 0. The first-order valence-corrected chi connectivity index (χ1v) is 11.3. The van der Waals surface area contributed by atoms with Crippen molar-refractivity contribution in [2.75, 3.05) is 60.1 Å². The summed E-state index contributed by atoms with van der Waals surface area (Å²) < 4.78 is 10.6. The van der Waals surface area contributed by atoms with Gasteiger partial charge in [-0.15, -0.1) is 35.3 Å². The predicted octanol–water partition coefficient (Wildman–Crippen LogP) is 2.34. The zero-order chi connectivity index (χ0) is 21.9. The van der Waals surface area contributed by atoms with Crippen molar-refractivity contribution in [3.8, 4) is 5.75 Å². The first-order valence-electron chi connectivity index (χ1n) is 10.4. The number of carbonyl (C=O) groups excluding carboxylic acids is 1. The van der Waals surface area contributed by atoms with Gasteiger partial charge in [0.25, 0.3) is 5.91 Å². The highest BCUT2D eigenvalue weighted by Gasteiger charge is 2.23. The summed E-state index contributed by atoms with van der Waals surface area (Å²) in [5.41, 5.74) is 0.604. The number of nitrogens with zero attached hydrogens (tertiary/aromatic N) is 2. The monoisotopic (exact) mass is 573 g/mol. The van der Waals surface area contributed by atoms with Gasteiger partial charge in [0.1, 0.15) is 5.75 Å². The molecule has 0 spiro atoms. The standard InChI is InChI=1S/C22H31N5O3S.HI/c1-23-22(25-10-9-24-21(28)17-5-7-18(29-2)8-6-17)26-16-19(20-4-3-15-31-20)27-11-13-30-14-12-27;/h3-8,15,19H,9-14,16H2,1-2H3,(H,24,28)(H2,23,25,26);1H. The summed E-state index contributed by atoms with van der Waals surface area (Å²) in [7, 11) is 3.35. The summed E-state index contributed by atoms with van der Waals surface area (Å²) in [6, 6.07) is 11.6. The van der Waals surface area contributed by atoms with E-state index in [1.807, 2.05) is 0 Å². The number of hydrogen-bond acceptors (Lipinski definition) is 6. The Morgan fingerprint density at radius 2 is 1.88 bits per heavy atom. The number of halogens is 1. The molecule has 176 valence electrons. The Bertz CT molecular complexity index is 827. The third kappa shape index (κ3) is 7.91. The van der Waals surface area contributed by atoms with Crippen molar-refractivity contribution in [3.05, 3.63) is 52.2 Å². The number of morpholine rings is 1. The topological polar surface area (TPSA) is 87.2 Å². The van der Waals surface area contributed by atoms with Crippen LogP contribution in [0.1, 0.15) is 21.3 Å². The van der Waals surface area contributed by atoms with E-state index in [0.717, 1.165) is 38.6 Å². The van der Waals surface area contributed by atoms with Gasteiger partial charge in [0.15, 0.2) is 5.96 Å². The first kappa shape index (κ1) is 26.4. The van der Waals surface area contributed by atoms with E-state index in [-0.39, 0.29) is 35.9 Å². The van der Waals surface area contributed by atoms with Gasteiger partial charge in [-0.3, -0.25) is 14.7 Å². The second-order valence-electron chi connectivity index (χ2n) is 7.04. The van der Waals surface area contributed by atoms with Gasteiger partial charge < -0.3 is 25.4 Å². The first-order chi connectivity index (χ1) is 15.2. The molecular formula is C22H32IN5O3S. The van der Waals surface area contributed by atoms with Gasteiger partial charge in [-0.1, -0.05) is 6.07 Å². The van der Waals surface area contributed by atoms with Gasteiger partial charge in [0.2, 0.25) is 0 Å². The fourth-order valence-electron chi connectivity index (χ4n) is 3.40. The molecule has 1 aromatic carbocycles. The second kappa shape index (κ2) is 14.3. The van der Waals surface area contributed by atoms with Crippen LogP contribution in [0.2, 0.25) is 0 Å². The Labute approximate surface area is 210 Å². The number of hydrogen-bond donors (Lipinski definition) is 3. The van der Waals surface area contributed by atoms with Crippen LogP contribution in [0.25, 0.3) is 0 Å². The van der Waals surface area contributed by atoms with Crippen LogP contribution in [0.4, 0.5) is 0 Å². The van der Waals surface area contributed by atoms with E-state index in [9.17, 15) is 4.79 Å². The predicted molar refractivity (Wildman–Crippen MR) is 140 cm³/mol. The molecule has 0 saturated carbocycles. The number of nitrogens with one attached hydrogen (secondary N) is 3. The number of benzene rings is 1. The van der Waals surface area contributed by atoms with E-state index in [0.29, 0.717) is 24.6 Å². The number of carbonyl (C=O) groups is 1. The lowest BCUT2D eigenvalue weighted by atomic mass is 10.2. The van der Waals surface area contributed by atoms with Gasteiger partial charge >= 0.3 is 0 Å². The van der Waals surface area contributed by atoms with E-state index >= 15 is 0 Å². The summed E-state index contributed by atoms with van der Waals surface area (Å²) in [4.78, 5) is 20.3. The molecule has 3 rings (SSSR count). The molecule has 10 heteroatoms. The van der Waals surface area contributed by atoms with Crippen LogP contribution < -0.4 is 20.7 Å². The van der Waals surface area contributed by atoms with Crippen LogP contribution in [-0.4, -0.2) is 76.9 Å². The minimum Gasteiger partial charge on any atom is -0.497 e. The molecule has 32 heavy (non-hydrogen) atoms. The van der Waals surface area contributed by atoms with E-state index in [1.165, 1.54) is 4.88 Å². The van der Waals surface area contributed by atoms with E-state index in [2.05, 4.69) is 43.4 Å². The van der Waals surface area contributed by atoms with Crippen LogP contribution in [0.5, 0.6) is 5.75 Å². The number of rotatable bonds is 9. The summed E-state index contributed by atoms with van der Waals surface area (Å²) >= 11 is 1.77. The maximum Gasteiger partial charge on any atom is 0.251 e. The van der Waals surface area contributed by atoms with E-state index in [1.54, 1.807) is 49.8 Å². The Hall–Kier alpha value is -1.89. The fraction of sp³-hybridized carbons (Fsp3) is 0.455. The molecule has 1 atom stereocenters. The molecule has 1 saturated heterocycles. The van der Waals surface area contributed by atoms with Crippen molar-refractivity contribution in [1.82, 2.24) is 20.9 Å². The Kier molecular flexibility index (Phi) is 11.8. The average Bonchev–Trinajstić information content (AvgIpc) is 3.35. The average molecular weight is 574 g/mol. The quantitative estimate of drug-likeness (QED) is 0.185. The highest BCUT2D eigenvalue weighted by Crippen LogP contribution is 2.25. The van der Waals surface area contributed by atoms with Crippen LogP contribution in [-0.2, 0) is 4.74 Å². The molecule has 1 unspecified atom stereocenters. The number of aliphatic imine (C=N–C) groups is 1. The normalized spacial score (nSPS) is 15.4. The number of ether oxygens (including phenoxy) is 2. The molecule has 2 heterocycles. The molecule has 3 N–H and O–H groups in total. The number of amides is 1. The van der Waals surface area contributed by atoms with E-state index in [4.69, 9.17) is 9.47 Å². The number of guanidine groups is 1. The SMILES string of the molecule is CN=C(NCCNC(=O)c1ccc(OC)cc1)NCC(c1cccs1)N1CCOCC1.I. The highest BCUT2D eigenvalue weighted by molar-refractivity contribution is 14.0. The van der Waals surface area contributed by atoms with Crippen molar-refractivity contribution < 1.29 is 14.3 Å². The molecule has 1 aliphatic rings. The zero-order valence-electron chi connectivity index (χ0n) is 18.5. The van der Waals surface area contributed by atoms with Gasteiger partial charge in [-0.05, 0) is 35.7 Å². The van der Waals surface area contributed by atoms with Crippen molar-refractivity contribution >= 4 is 47.2 Å². The molecule has 0 aliphatic carbocycles. The third-order valence-corrected chi connectivity index (χ3v) is 6.07. The Morgan fingerprint density at radius 3 is 2.50 bits per heavy atom. The van der Waals surface area contributed by atoms with Crippen LogP contribution in [0.15, 0.2) is 46.8 Å². The molecule has 1 aromatic heterocycles. The Balaban J connectivity index is 0.00000363. The van der Waals surface area contributed by atoms with Crippen LogP contribution >= 0.6 is 35.3 Å². The maximum absolute atomic E-state index is 12.2.